The van der Waals surface area contributed by atoms with Gasteiger partial charge >= 0.3 is 5.97 Å². The van der Waals surface area contributed by atoms with Gasteiger partial charge in [-0.1, -0.05) is 194 Å². The van der Waals surface area contributed by atoms with Crippen molar-refractivity contribution in [1.82, 2.24) is 10.3 Å². The normalized spacial score (nSPS) is 23.5. The van der Waals surface area contributed by atoms with Crippen molar-refractivity contribution in [3.05, 3.63) is 148 Å². The number of ether oxygens (including phenoxy) is 1. The van der Waals surface area contributed by atoms with Crippen LogP contribution in [-0.2, 0) is 9.53 Å². The van der Waals surface area contributed by atoms with Gasteiger partial charge in [-0.15, -0.1) is 0 Å². The number of aromatic nitrogens is 1. The van der Waals surface area contributed by atoms with E-state index >= 15 is 9.59 Å². The van der Waals surface area contributed by atoms with Gasteiger partial charge in [-0.3, -0.25) is 14.4 Å². The number of nitrogens with zero attached hydrogens (tertiary/aromatic N) is 2. The van der Waals surface area contributed by atoms with Gasteiger partial charge in [0.05, 0.1) is 5.57 Å². The summed E-state index contributed by atoms with van der Waals surface area (Å²) in [5, 5.41) is 6.25. The van der Waals surface area contributed by atoms with E-state index in [0.717, 1.165) is 36.8 Å². The summed E-state index contributed by atoms with van der Waals surface area (Å²) in [4.78, 5) is 75.0. The number of ketones is 1. The number of esters is 1. The molecule has 418 valence electrons. The van der Waals surface area contributed by atoms with Gasteiger partial charge < -0.3 is 20.4 Å². The number of amides is 2. The number of H-pyrrole nitrogens is 1. The number of carbonyl (C=O) groups is 4. The van der Waals surface area contributed by atoms with Gasteiger partial charge in [-0.25, -0.2) is 14.8 Å². The minimum atomic E-state index is -0.593. The second-order valence-corrected chi connectivity index (χ2v) is 27.7. The Morgan fingerprint density at radius 3 is 1.48 bits per heavy atom. The summed E-state index contributed by atoms with van der Waals surface area (Å²) in [6.45, 7) is 35.5. The van der Waals surface area contributed by atoms with Crippen LogP contribution in [0.15, 0.2) is 125 Å². The summed E-state index contributed by atoms with van der Waals surface area (Å²) < 4.78 is 7.01. The maximum Gasteiger partial charge on any atom is 0.342 e. The van der Waals surface area contributed by atoms with E-state index in [1.807, 2.05) is 111 Å². The summed E-state index contributed by atoms with van der Waals surface area (Å²) >= 11 is 0. The quantitative estimate of drug-likeness (QED) is 0.113. The number of nitrogens with one attached hydrogen (secondary N) is 3. The van der Waals surface area contributed by atoms with Crippen molar-refractivity contribution < 1.29 is 23.9 Å². The smallest absolute Gasteiger partial charge is 0.342 e. The molecule has 10 heteroatoms. The van der Waals surface area contributed by atoms with Crippen LogP contribution in [0.5, 0.6) is 0 Å². The number of rotatable bonds is 11. The van der Waals surface area contributed by atoms with Crippen LogP contribution in [0.3, 0.4) is 0 Å². The highest BCUT2D eigenvalue weighted by Gasteiger charge is 2.50. The number of aryl methyl sites for hydroxylation is 2. The number of anilines is 1. The predicted octanol–water partition coefficient (Wildman–Crippen LogP) is 16.5. The zero-order chi connectivity index (χ0) is 57.5. The Balaban J connectivity index is 1.39. The molecule has 3 aliphatic rings. The summed E-state index contributed by atoms with van der Waals surface area (Å²) in [6, 6.07) is 33.8. The van der Waals surface area contributed by atoms with Crippen LogP contribution in [0.4, 0.5) is 11.6 Å². The molecule has 0 bridgehead atoms. The first-order chi connectivity index (χ1) is 37.0. The highest BCUT2D eigenvalue weighted by atomic mass is 16.5. The number of hydrogen-bond donors (Lipinski definition) is 3. The third kappa shape index (κ3) is 12.8. The molecular weight excluding hydrogens is 979 g/mol. The van der Waals surface area contributed by atoms with Crippen molar-refractivity contribution in [2.24, 2.45) is 73.1 Å². The summed E-state index contributed by atoms with van der Waals surface area (Å²) in [7, 11) is 0. The molecule has 1 aliphatic heterocycles. The number of benzene rings is 4. The molecule has 2 saturated carbocycles. The van der Waals surface area contributed by atoms with Gasteiger partial charge in [0.15, 0.2) is 11.6 Å². The third-order valence-electron chi connectivity index (χ3n) is 17.5. The van der Waals surface area contributed by atoms with Crippen molar-refractivity contribution in [2.75, 3.05) is 5.32 Å². The van der Waals surface area contributed by atoms with Crippen molar-refractivity contribution in [1.29, 1.82) is 0 Å². The molecule has 3 N–H and O–H groups in total. The number of hydrogen-bond acceptors (Lipinski definition) is 6. The molecule has 79 heavy (non-hydrogen) atoms. The number of carbonyl (C=O) groups excluding carboxylic acids is 4. The lowest BCUT2D eigenvalue weighted by molar-refractivity contribution is -0.119. The van der Waals surface area contributed by atoms with Gasteiger partial charge in [0.25, 0.3) is 11.8 Å². The van der Waals surface area contributed by atoms with Crippen LogP contribution in [0.2, 0.25) is 0 Å². The molecule has 0 radical (unpaired) electrons. The first-order valence-electron chi connectivity index (χ1n) is 28.8. The Labute approximate surface area is 471 Å². The Morgan fingerprint density at radius 2 is 1.01 bits per heavy atom. The lowest BCUT2D eigenvalue weighted by Gasteiger charge is -2.51. The van der Waals surface area contributed by atoms with E-state index in [2.05, 4.69) is 113 Å². The summed E-state index contributed by atoms with van der Waals surface area (Å²) in [5.41, 5.74) is 4.44. The van der Waals surface area contributed by atoms with E-state index in [0.29, 0.717) is 45.2 Å². The van der Waals surface area contributed by atoms with E-state index in [1.54, 1.807) is 12.1 Å². The van der Waals surface area contributed by atoms with Crippen LogP contribution in [0.1, 0.15) is 177 Å². The second kappa shape index (κ2) is 22.8. The summed E-state index contributed by atoms with van der Waals surface area (Å²) in [6.07, 6.45) is 3.60. The van der Waals surface area contributed by atoms with Crippen LogP contribution in [0.25, 0.3) is 16.7 Å². The molecule has 5 aromatic rings. The average molecular weight is 1070 g/mol. The highest BCUT2D eigenvalue weighted by molar-refractivity contribution is 6.46. The fourth-order valence-electron chi connectivity index (χ4n) is 13.4. The Bertz CT molecular complexity index is 3120. The van der Waals surface area contributed by atoms with Gasteiger partial charge in [0, 0.05) is 40.5 Å². The molecule has 2 amide bonds. The Hall–Kier alpha value is -6.68. The number of amidine groups is 2. The number of Topliss-reactive ketones (excluding diaryl/α,β-unsaturated/α-hetero) is 1. The molecule has 2 fully saturated rings. The largest absolute Gasteiger partial charge is 0.458 e. The van der Waals surface area contributed by atoms with Gasteiger partial charge in [-0.2, -0.15) is 0 Å². The average Bonchev–Trinajstić information content (AvgIpc) is 4.07. The minimum absolute atomic E-state index is 0.0340. The molecule has 4 aromatic carbocycles. The molecule has 10 nitrogen and oxygen atoms in total. The van der Waals surface area contributed by atoms with Crippen LogP contribution in [-0.4, -0.2) is 46.3 Å². The molecule has 0 spiro atoms. The SMILES string of the molecule is Cc1ccccc1C(=O)NC1=NC(=Nc2[nH]c(NC(=O)c3ccccc3C)c(C(=O)OC3C(C(C)(C)C)CC(C)CC3C(C)(C)C)c2-c2ccccc2)C(c2ccccc2)=C1C(=O)CC1C(C(C)(C)C)CC(C)CC1C(C)(C)C. The van der Waals surface area contributed by atoms with Crippen LogP contribution < -0.4 is 10.6 Å². The lowest BCUT2D eigenvalue weighted by Crippen LogP contribution is -2.49. The Kier molecular flexibility index (Phi) is 16.9. The van der Waals surface area contributed by atoms with Crippen molar-refractivity contribution in [3.63, 3.8) is 0 Å². The van der Waals surface area contributed by atoms with E-state index in [9.17, 15) is 9.59 Å². The molecule has 4 unspecified atom stereocenters. The topological polar surface area (TPSA) is 142 Å². The molecule has 4 atom stereocenters. The van der Waals surface area contributed by atoms with E-state index in [1.165, 1.54) is 0 Å². The van der Waals surface area contributed by atoms with Crippen molar-refractivity contribution in [2.45, 2.75) is 149 Å². The van der Waals surface area contributed by atoms with Crippen LogP contribution in [0, 0.1) is 76.9 Å². The van der Waals surface area contributed by atoms with Gasteiger partial charge in [-0.05, 0) is 125 Å². The fraction of sp³-hybridized carbons (Fsp3) is 0.478. The predicted molar refractivity (Wildman–Crippen MR) is 323 cm³/mol. The standard InChI is InChI=1S/C69H87N5O5/c1-40-35-49(66(5,6)7)48(50(36-40)67(8,9)10)39-53(75)56-54(44-29-19-17-20-30-44)59(71-61(56)73-63(76)46-33-25-23-27-42(46)3)70-60-55(45-31-21-18-22-32-45)57(62(72-60)74-64(77)47-34-26-24-28-43(47)4)65(78)79-58-51(68(11,12)13)37-41(2)38-52(58)69(14,15)16/h17-34,40-41,48-52,58,72H,35-39H2,1-16H3,(H,74,77)(H,70,71,73,76). The zero-order valence-electron chi connectivity index (χ0n) is 50.0. The first kappa shape index (κ1) is 58.5. The molecule has 1 aromatic heterocycles. The zero-order valence-corrected chi connectivity index (χ0v) is 50.0. The van der Waals surface area contributed by atoms with E-state index in [4.69, 9.17) is 14.7 Å². The molecule has 2 heterocycles. The molecule has 2 aliphatic carbocycles. The maximum absolute atomic E-state index is 16.0. The first-order valence-corrected chi connectivity index (χ1v) is 28.8. The van der Waals surface area contributed by atoms with Crippen molar-refractivity contribution in [3.8, 4) is 11.1 Å². The fourth-order valence-corrected chi connectivity index (χ4v) is 13.4. The Morgan fingerprint density at radius 1 is 0.582 bits per heavy atom. The third-order valence-corrected chi connectivity index (χ3v) is 17.5. The van der Waals surface area contributed by atoms with Gasteiger partial charge in [0.2, 0.25) is 0 Å². The van der Waals surface area contributed by atoms with E-state index in [-0.39, 0.29) is 97.9 Å². The molecule has 8 rings (SSSR count). The van der Waals surface area contributed by atoms with Crippen molar-refractivity contribution >= 4 is 52.4 Å². The van der Waals surface area contributed by atoms with Gasteiger partial charge in [0.1, 0.15) is 29.1 Å². The number of aliphatic imine (C=N–C) groups is 2. The summed E-state index contributed by atoms with van der Waals surface area (Å²) in [5.74, 6) is 0.559. The lowest BCUT2D eigenvalue weighted by atomic mass is 9.54. The highest BCUT2D eigenvalue weighted by Crippen LogP contribution is 2.54. The molecular formula is C69H87N5O5. The van der Waals surface area contributed by atoms with E-state index < -0.39 is 23.9 Å². The number of aromatic amines is 1. The second-order valence-electron chi connectivity index (χ2n) is 27.7. The van der Waals surface area contributed by atoms with Crippen LogP contribution >= 0.6 is 0 Å². The maximum atomic E-state index is 16.0. The monoisotopic (exact) mass is 1070 g/mol. The molecule has 0 saturated heterocycles. The minimum Gasteiger partial charge on any atom is -0.458 e.